The van der Waals surface area contributed by atoms with Crippen molar-refractivity contribution in [3.8, 4) is 0 Å². The van der Waals surface area contributed by atoms with Crippen molar-refractivity contribution in [2.24, 2.45) is 10.3 Å². The number of esters is 2. The molecular formula is C22H28N2O6. The molecule has 0 bridgehead atoms. The molecule has 2 atom stereocenters. The monoisotopic (exact) mass is 416 g/mol. The minimum Gasteiger partial charge on any atom is -0.457 e. The van der Waals surface area contributed by atoms with Crippen LogP contribution in [0.1, 0.15) is 65.5 Å². The van der Waals surface area contributed by atoms with Gasteiger partial charge in [-0.3, -0.25) is 0 Å². The number of carbonyl (C=O) groups excluding carboxylic acids is 2. The predicted octanol–water partition coefficient (Wildman–Crippen LogP) is 3.36. The highest BCUT2D eigenvalue weighted by Crippen LogP contribution is 2.24. The number of nitrogens with zero attached hydrogens (tertiary/aromatic N) is 2. The van der Waals surface area contributed by atoms with Gasteiger partial charge in [0.2, 0.25) is 12.2 Å². The normalized spacial score (nSPS) is 21.3. The molecule has 0 saturated carbocycles. The van der Waals surface area contributed by atoms with Crippen LogP contribution in [0.25, 0.3) is 0 Å². The Kier molecular flexibility index (Phi) is 5.87. The number of ether oxygens (including phenoxy) is 2. The number of benzene rings is 1. The molecule has 0 fully saturated rings. The second kappa shape index (κ2) is 8.08. The summed E-state index contributed by atoms with van der Waals surface area (Å²) in [6, 6.07) is 7.51. The Hall–Kier alpha value is -2.90. The average molecular weight is 416 g/mol. The lowest BCUT2D eigenvalue weighted by Gasteiger charge is -2.21. The van der Waals surface area contributed by atoms with E-state index >= 15 is 0 Å². The molecule has 0 saturated heterocycles. The maximum Gasteiger partial charge on any atom is 0.351 e. The van der Waals surface area contributed by atoms with E-state index in [1.165, 1.54) is 0 Å². The van der Waals surface area contributed by atoms with Crippen molar-refractivity contribution in [1.82, 2.24) is 0 Å². The first-order valence-electron chi connectivity index (χ1n) is 9.93. The molecule has 8 heteroatoms. The van der Waals surface area contributed by atoms with E-state index in [2.05, 4.69) is 10.3 Å². The minimum absolute atomic E-state index is 0.321. The third kappa shape index (κ3) is 5.58. The highest BCUT2D eigenvalue weighted by Gasteiger charge is 2.34. The lowest BCUT2D eigenvalue weighted by molar-refractivity contribution is -0.167. The van der Waals surface area contributed by atoms with Crippen LogP contribution in [0.3, 0.4) is 0 Å². The van der Waals surface area contributed by atoms with Crippen LogP contribution in [0.2, 0.25) is 0 Å². The van der Waals surface area contributed by atoms with Gasteiger partial charge in [0.05, 0.1) is 11.4 Å². The Morgan fingerprint density at radius 2 is 1.23 bits per heavy atom. The van der Waals surface area contributed by atoms with Crippen molar-refractivity contribution in [3.05, 3.63) is 35.4 Å². The first kappa shape index (κ1) is 21.8. The Labute approximate surface area is 176 Å². The van der Waals surface area contributed by atoms with Crippen LogP contribution in [0.4, 0.5) is 0 Å². The SMILES string of the molecule is CC(C)(C)OC(=O)C1CC(c2cccc(C3=NOC(C(=O)OC(C)(C)C)C3)c2)=NO1. The van der Waals surface area contributed by atoms with E-state index < -0.39 is 35.3 Å². The van der Waals surface area contributed by atoms with E-state index in [4.69, 9.17) is 19.1 Å². The van der Waals surface area contributed by atoms with Gasteiger partial charge in [-0.2, -0.15) is 0 Å². The van der Waals surface area contributed by atoms with Crippen molar-refractivity contribution < 1.29 is 28.7 Å². The summed E-state index contributed by atoms with van der Waals surface area (Å²) in [5.41, 5.74) is 1.74. The van der Waals surface area contributed by atoms with E-state index in [1.54, 1.807) is 41.5 Å². The fourth-order valence-electron chi connectivity index (χ4n) is 2.96. The lowest BCUT2D eigenvalue weighted by Crippen LogP contribution is -2.32. The van der Waals surface area contributed by atoms with Gasteiger partial charge in [-0.25, -0.2) is 9.59 Å². The van der Waals surface area contributed by atoms with E-state index in [0.29, 0.717) is 24.3 Å². The summed E-state index contributed by atoms with van der Waals surface area (Å²) in [4.78, 5) is 35.0. The molecule has 1 aromatic carbocycles. The minimum atomic E-state index is -0.758. The molecule has 0 aliphatic carbocycles. The van der Waals surface area contributed by atoms with Crippen molar-refractivity contribution in [2.45, 2.75) is 77.8 Å². The summed E-state index contributed by atoms with van der Waals surface area (Å²) in [6.07, 6.45) is -0.873. The van der Waals surface area contributed by atoms with Crippen molar-refractivity contribution in [3.63, 3.8) is 0 Å². The molecule has 1 aromatic rings. The smallest absolute Gasteiger partial charge is 0.351 e. The van der Waals surface area contributed by atoms with E-state index in [1.807, 2.05) is 24.3 Å². The van der Waals surface area contributed by atoms with Crippen LogP contribution >= 0.6 is 0 Å². The molecule has 0 N–H and O–H groups in total. The molecule has 2 aliphatic rings. The summed E-state index contributed by atoms with van der Waals surface area (Å²) >= 11 is 0. The Balaban J connectivity index is 1.64. The molecule has 0 aromatic heterocycles. The summed E-state index contributed by atoms with van der Waals surface area (Å²) in [7, 11) is 0. The standard InChI is InChI=1S/C22H28N2O6/c1-21(2,3)27-19(25)17-11-15(23-29-17)13-8-7-9-14(10-13)16-12-18(30-24-16)20(26)28-22(4,5)6/h7-10,17-18H,11-12H2,1-6H3. The maximum absolute atomic E-state index is 12.2. The Bertz CT molecular complexity index is 822. The second-order valence-electron chi connectivity index (χ2n) is 9.32. The fourth-order valence-corrected chi connectivity index (χ4v) is 2.96. The van der Waals surface area contributed by atoms with E-state index in [9.17, 15) is 9.59 Å². The summed E-state index contributed by atoms with van der Waals surface area (Å²) < 4.78 is 10.7. The number of rotatable bonds is 4. The predicted molar refractivity (Wildman–Crippen MR) is 110 cm³/mol. The molecule has 2 unspecified atom stereocenters. The number of carbonyl (C=O) groups is 2. The zero-order chi connectivity index (χ0) is 22.1. The van der Waals surface area contributed by atoms with Gasteiger partial charge in [0.1, 0.15) is 11.2 Å². The largest absolute Gasteiger partial charge is 0.457 e. The topological polar surface area (TPSA) is 95.8 Å². The average Bonchev–Trinajstić information content (AvgIpc) is 3.29. The molecule has 2 aliphatic heterocycles. The zero-order valence-corrected chi connectivity index (χ0v) is 18.2. The zero-order valence-electron chi connectivity index (χ0n) is 18.2. The second-order valence-corrected chi connectivity index (χ2v) is 9.32. The van der Waals surface area contributed by atoms with Gasteiger partial charge < -0.3 is 19.1 Å². The lowest BCUT2D eigenvalue weighted by atomic mass is 9.98. The third-order valence-corrected chi connectivity index (χ3v) is 4.21. The number of hydrogen-bond acceptors (Lipinski definition) is 8. The van der Waals surface area contributed by atoms with Crippen molar-refractivity contribution >= 4 is 23.4 Å². The first-order chi connectivity index (χ1) is 13.9. The van der Waals surface area contributed by atoms with Gasteiger partial charge in [0, 0.05) is 24.0 Å². The number of oxime groups is 2. The Morgan fingerprint density at radius 3 is 1.60 bits per heavy atom. The Morgan fingerprint density at radius 1 is 0.833 bits per heavy atom. The maximum atomic E-state index is 12.2. The first-order valence-corrected chi connectivity index (χ1v) is 9.93. The third-order valence-electron chi connectivity index (χ3n) is 4.21. The number of hydrogen-bond donors (Lipinski definition) is 0. The van der Waals surface area contributed by atoms with Gasteiger partial charge in [-0.05, 0) is 47.6 Å². The summed E-state index contributed by atoms with van der Waals surface area (Å²) in [5.74, 6) is -0.877. The van der Waals surface area contributed by atoms with E-state index in [-0.39, 0.29) is 0 Å². The molecule has 0 spiro atoms. The van der Waals surface area contributed by atoms with Gasteiger partial charge in [-0.1, -0.05) is 28.5 Å². The van der Waals surface area contributed by atoms with Crippen LogP contribution in [0.5, 0.6) is 0 Å². The van der Waals surface area contributed by atoms with Crippen LogP contribution in [-0.2, 0) is 28.7 Å². The quantitative estimate of drug-likeness (QED) is 0.699. The van der Waals surface area contributed by atoms with Crippen LogP contribution in [0.15, 0.2) is 34.6 Å². The molecule has 2 heterocycles. The van der Waals surface area contributed by atoms with Crippen molar-refractivity contribution in [1.29, 1.82) is 0 Å². The summed E-state index contributed by atoms with van der Waals surface area (Å²) in [5, 5.41) is 8.12. The van der Waals surface area contributed by atoms with Gasteiger partial charge in [-0.15, -0.1) is 0 Å². The van der Waals surface area contributed by atoms with Gasteiger partial charge >= 0.3 is 11.9 Å². The van der Waals surface area contributed by atoms with Gasteiger partial charge in [0.25, 0.3) is 0 Å². The van der Waals surface area contributed by atoms with Crippen LogP contribution < -0.4 is 0 Å². The molecular weight excluding hydrogens is 388 g/mol. The van der Waals surface area contributed by atoms with Crippen molar-refractivity contribution in [2.75, 3.05) is 0 Å². The fraction of sp³-hybridized carbons (Fsp3) is 0.545. The highest BCUT2D eigenvalue weighted by molar-refractivity contribution is 6.08. The molecule has 3 rings (SSSR count). The van der Waals surface area contributed by atoms with Crippen LogP contribution in [-0.4, -0.2) is 46.8 Å². The van der Waals surface area contributed by atoms with Crippen LogP contribution in [0, 0.1) is 0 Å². The highest BCUT2D eigenvalue weighted by atomic mass is 16.7. The molecule has 0 radical (unpaired) electrons. The van der Waals surface area contributed by atoms with Gasteiger partial charge in [0.15, 0.2) is 0 Å². The molecule has 30 heavy (non-hydrogen) atoms. The summed E-state index contributed by atoms with van der Waals surface area (Å²) in [6.45, 7) is 10.8. The van der Waals surface area contributed by atoms with E-state index in [0.717, 1.165) is 11.1 Å². The molecule has 0 amide bonds. The molecule has 162 valence electrons. The molecule has 8 nitrogen and oxygen atoms in total.